The monoisotopic (exact) mass is 314 g/mol. The van der Waals surface area contributed by atoms with Crippen molar-refractivity contribution in [3.63, 3.8) is 0 Å². The Morgan fingerprint density at radius 2 is 1.95 bits per heavy atom. The lowest BCUT2D eigenvalue weighted by Gasteiger charge is -2.27. The minimum atomic E-state index is -1.41. The van der Waals surface area contributed by atoms with Crippen molar-refractivity contribution in [3.8, 4) is 0 Å². The lowest BCUT2D eigenvalue weighted by molar-refractivity contribution is -0.158. The third-order valence-electron chi connectivity index (χ3n) is 4.44. The summed E-state index contributed by atoms with van der Waals surface area (Å²) in [7, 11) is 0. The van der Waals surface area contributed by atoms with Crippen molar-refractivity contribution in [1.82, 2.24) is 0 Å². The lowest BCUT2D eigenvalue weighted by atomic mass is 9.81. The SMILES string of the molecule is CCC1CCC(C(=O)OCC(O)C2OC(=O)C(O)=C2O)CC1. The molecule has 2 unspecified atom stereocenters. The Morgan fingerprint density at radius 3 is 2.45 bits per heavy atom. The van der Waals surface area contributed by atoms with Gasteiger partial charge in [0.05, 0.1) is 5.92 Å². The van der Waals surface area contributed by atoms with Crippen molar-refractivity contribution in [2.45, 2.75) is 51.2 Å². The molecule has 2 aliphatic rings. The number of hydrogen-bond donors (Lipinski definition) is 3. The fourth-order valence-electron chi connectivity index (χ4n) is 2.91. The third-order valence-corrected chi connectivity index (χ3v) is 4.44. The Labute approximate surface area is 128 Å². The van der Waals surface area contributed by atoms with E-state index in [2.05, 4.69) is 11.7 Å². The number of cyclic esters (lactones) is 1. The number of carbonyl (C=O) groups excluding carboxylic acids is 2. The van der Waals surface area contributed by atoms with Crippen LogP contribution in [0.3, 0.4) is 0 Å². The van der Waals surface area contributed by atoms with Crippen LogP contribution in [0, 0.1) is 11.8 Å². The Morgan fingerprint density at radius 1 is 1.32 bits per heavy atom. The van der Waals surface area contributed by atoms with Gasteiger partial charge in [0, 0.05) is 0 Å². The second-order valence-corrected chi connectivity index (χ2v) is 5.88. The highest BCUT2D eigenvalue weighted by atomic mass is 16.6. The normalized spacial score (nSPS) is 30.1. The second kappa shape index (κ2) is 7.00. The zero-order valence-electron chi connectivity index (χ0n) is 12.5. The van der Waals surface area contributed by atoms with Gasteiger partial charge in [0.25, 0.3) is 0 Å². The van der Waals surface area contributed by atoms with E-state index in [9.17, 15) is 19.8 Å². The number of rotatable bonds is 5. The zero-order valence-corrected chi connectivity index (χ0v) is 12.5. The van der Waals surface area contributed by atoms with E-state index >= 15 is 0 Å². The van der Waals surface area contributed by atoms with Gasteiger partial charge in [-0.15, -0.1) is 0 Å². The minimum absolute atomic E-state index is 0.168. The molecular formula is C15H22O7. The number of aliphatic hydroxyl groups excluding tert-OH is 3. The average Bonchev–Trinajstić information content (AvgIpc) is 2.80. The van der Waals surface area contributed by atoms with Gasteiger partial charge in [-0.05, 0) is 31.6 Å². The van der Waals surface area contributed by atoms with Crippen LogP contribution in [0.5, 0.6) is 0 Å². The molecule has 0 aromatic carbocycles. The molecule has 3 N–H and O–H groups in total. The Hall–Kier alpha value is -1.76. The third kappa shape index (κ3) is 3.52. The first-order chi connectivity index (χ1) is 10.4. The molecule has 1 aliphatic heterocycles. The minimum Gasteiger partial charge on any atom is -0.505 e. The quantitative estimate of drug-likeness (QED) is 0.656. The molecule has 0 spiro atoms. The molecule has 1 saturated carbocycles. The molecule has 7 nitrogen and oxygen atoms in total. The summed E-state index contributed by atoms with van der Waals surface area (Å²) < 4.78 is 9.65. The summed E-state index contributed by atoms with van der Waals surface area (Å²) in [6, 6.07) is 0. The molecule has 0 radical (unpaired) electrons. The van der Waals surface area contributed by atoms with Crippen LogP contribution < -0.4 is 0 Å². The highest BCUT2D eigenvalue weighted by Crippen LogP contribution is 2.31. The van der Waals surface area contributed by atoms with Crippen molar-refractivity contribution in [1.29, 1.82) is 0 Å². The van der Waals surface area contributed by atoms with Crippen LogP contribution in [-0.4, -0.2) is 46.1 Å². The molecular weight excluding hydrogens is 292 g/mol. The van der Waals surface area contributed by atoms with Gasteiger partial charge >= 0.3 is 11.9 Å². The Kier molecular flexibility index (Phi) is 5.28. The van der Waals surface area contributed by atoms with Crippen LogP contribution in [0.4, 0.5) is 0 Å². The van der Waals surface area contributed by atoms with E-state index in [1.807, 2.05) is 0 Å². The molecule has 1 heterocycles. The van der Waals surface area contributed by atoms with Gasteiger partial charge in [-0.3, -0.25) is 4.79 Å². The highest BCUT2D eigenvalue weighted by molar-refractivity contribution is 5.89. The molecule has 0 amide bonds. The molecule has 0 aromatic rings. The molecule has 2 rings (SSSR count). The van der Waals surface area contributed by atoms with Crippen LogP contribution in [0.25, 0.3) is 0 Å². The number of hydrogen-bond acceptors (Lipinski definition) is 7. The van der Waals surface area contributed by atoms with Gasteiger partial charge < -0.3 is 24.8 Å². The molecule has 0 aromatic heterocycles. The summed E-state index contributed by atoms with van der Waals surface area (Å²) in [6.45, 7) is 1.74. The van der Waals surface area contributed by atoms with Crippen LogP contribution in [0.1, 0.15) is 39.0 Å². The van der Waals surface area contributed by atoms with Crippen molar-refractivity contribution < 1.29 is 34.4 Å². The van der Waals surface area contributed by atoms with Crippen LogP contribution in [-0.2, 0) is 19.1 Å². The smallest absolute Gasteiger partial charge is 0.377 e. The molecule has 1 aliphatic carbocycles. The van der Waals surface area contributed by atoms with Gasteiger partial charge in [0.1, 0.15) is 12.7 Å². The standard InChI is InChI=1S/C15H22O7/c1-2-8-3-5-9(6-4-8)14(19)21-7-10(16)13-11(17)12(18)15(20)22-13/h8-10,13,16-18H,2-7H2,1H3. The maximum absolute atomic E-state index is 12.0. The van der Waals surface area contributed by atoms with Crippen LogP contribution in [0.15, 0.2) is 11.5 Å². The van der Waals surface area contributed by atoms with Crippen molar-refractivity contribution in [2.75, 3.05) is 6.61 Å². The summed E-state index contributed by atoms with van der Waals surface area (Å²) in [4.78, 5) is 23.0. The summed E-state index contributed by atoms with van der Waals surface area (Å²) in [6.07, 6.45) is 1.85. The number of carbonyl (C=O) groups is 2. The number of ether oxygens (including phenoxy) is 2. The lowest BCUT2D eigenvalue weighted by Crippen LogP contribution is -2.35. The Balaban J connectivity index is 1.78. The summed E-state index contributed by atoms with van der Waals surface area (Å²) in [5, 5.41) is 28.4. The van der Waals surface area contributed by atoms with Gasteiger partial charge in [0.2, 0.25) is 5.76 Å². The summed E-state index contributed by atoms with van der Waals surface area (Å²) in [5.41, 5.74) is 0. The van der Waals surface area contributed by atoms with E-state index in [4.69, 9.17) is 9.84 Å². The summed E-state index contributed by atoms with van der Waals surface area (Å²) >= 11 is 0. The average molecular weight is 314 g/mol. The molecule has 0 bridgehead atoms. The van der Waals surface area contributed by atoms with Crippen LogP contribution in [0.2, 0.25) is 0 Å². The Bertz CT molecular complexity index is 463. The fourth-order valence-corrected chi connectivity index (χ4v) is 2.91. The van der Waals surface area contributed by atoms with E-state index in [1.54, 1.807) is 0 Å². The number of esters is 2. The van der Waals surface area contributed by atoms with Gasteiger partial charge in [0.15, 0.2) is 11.9 Å². The fraction of sp³-hybridized carbons (Fsp3) is 0.733. The van der Waals surface area contributed by atoms with Crippen LogP contribution >= 0.6 is 0 Å². The second-order valence-electron chi connectivity index (χ2n) is 5.88. The predicted molar refractivity (Wildman–Crippen MR) is 74.9 cm³/mol. The van der Waals surface area contributed by atoms with Gasteiger partial charge in [-0.1, -0.05) is 13.3 Å². The molecule has 1 fully saturated rings. The van der Waals surface area contributed by atoms with E-state index in [0.29, 0.717) is 5.92 Å². The molecule has 22 heavy (non-hydrogen) atoms. The molecule has 7 heteroatoms. The van der Waals surface area contributed by atoms with Gasteiger partial charge in [-0.2, -0.15) is 0 Å². The maximum atomic E-state index is 12.0. The molecule has 124 valence electrons. The highest BCUT2D eigenvalue weighted by Gasteiger charge is 2.40. The van der Waals surface area contributed by atoms with Crippen molar-refractivity contribution in [2.24, 2.45) is 11.8 Å². The van der Waals surface area contributed by atoms with E-state index < -0.39 is 36.3 Å². The van der Waals surface area contributed by atoms with E-state index in [0.717, 1.165) is 32.1 Å². The van der Waals surface area contributed by atoms with Gasteiger partial charge in [-0.25, -0.2) is 4.79 Å². The topological polar surface area (TPSA) is 113 Å². The maximum Gasteiger partial charge on any atom is 0.377 e. The summed E-state index contributed by atoms with van der Waals surface area (Å²) in [5.74, 6) is -2.65. The first-order valence-corrected chi connectivity index (χ1v) is 7.61. The number of aliphatic hydroxyl groups is 3. The largest absolute Gasteiger partial charge is 0.505 e. The molecule has 0 saturated heterocycles. The van der Waals surface area contributed by atoms with Crippen molar-refractivity contribution in [3.05, 3.63) is 11.5 Å². The van der Waals surface area contributed by atoms with E-state index in [1.165, 1.54) is 0 Å². The predicted octanol–water partition coefficient (Wildman–Crippen LogP) is 1.36. The van der Waals surface area contributed by atoms with Crippen molar-refractivity contribution >= 4 is 11.9 Å². The first kappa shape index (κ1) is 16.6. The first-order valence-electron chi connectivity index (χ1n) is 7.61. The molecule has 2 atom stereocenters. The van der Waals surface area contributed by atoms with E-state index in [-0.39, 0.29) is 11.9 Å². The zero-order chi connectivity index (χ0) is 16.3.